The highest BCUT2D eigenvalue weighted by molar-refractivity contribution is 5.35. The molecule has 0 aromatic carbocycles. The molecule has 2 rings (SSSR count). The Bertz CT molecular complexity index is 368. The van der Waals surface area contributed by atoms with Crippen LogP contribution in [0.4, 0.5) is 0 Å². The van der Waals surface area contributed by atoms with Gasteiger partial charge in [-0.25, -0.2) is 0 Å². The number of ether oxygens (including phenoxy) is 1. The van der Waals surface area contributed by atoms with Gasteiger partial charge in [0, 0.05) is 0 Å². The summed E-state index contributed by atoms with van der Waals surface area (Å²) in [6.07, 6.45) is 6.53. The standard InChI is InChI=1S/C11H13N3O/c12-8-10-4-6-13-14-11(10)15-7-5-9-2-1-3-9/h4,6,9H,1-3,5,7H2. The zero-order valence-corrected chi connectivity index (χ0v) is 8.52. The van der Waals surface area contributed by atoms with Crippen LogP contribution in [0.15, 0.2) is 12.3 Å². The van der Waals surface area contributed by atoms with Gasteiger partial charge >= 0.3 is 0 Å². The lowest BCUT2D eigenvalue weighted by atomic mass is 9.83. The Labute approximate surface area is 88.9 Å². The molecular weight excluding hydrogens is 190 g/mol. The molecule has 15 heavy (non-hydrogen) atoms. The average Bonchev–Trinajstić information content (AvgIpc) is 2.22. The molecule has 0 amide bonds. The van der Waals surface area contributed by atoms with Gasteiger partial charge in [0.25, 0.3) is 5.88 Å². The van der Waals surface area contributed by atoms with Crippen molar-refractivity contribution in [3.05, 3.63) is 17.8 Å². The smallest absolute Gasteiger partial charge is 0.251 e. The molecule has 0 aliphatic heterocycles. The number of nitrogens with zero attached hydrogens (tertiary/aromatic N) is 3. The van der Waals surface area contributed by atoms with E-state index >= 15 is 0 Å². The van der Waals surface area contributed by atoms with Crippen molar-refractivity contribution in [1.82, 2.24) is 10.2 Å². The fourth-order valence-electron chi connectivity index (χ4n) is 1.61. The zero-order valence-electron chi connectivity index (χ0n) is 8.52. The van der Waals surface area contributed by atoms with Crippen LogP contribution in [0.3, 0.4) is 0 Å². The minimum Gasteiger partial charge on any atom is -0.476 e. The molecule has 1 heterocycles. The van der Waals surface area contributed by atoms with Gasteiger partial charge in [-0.3, -0.25) is 0 Å². The maximum absolute atomic E-state index is 8.79. The molecule has 0 N–H and O–H groups in total. The van der Waals surface area contributed by atoms with Crippen LogP contribution in [-0.2, 0) is 0 Å². The Balaban J connectivity index is 1.84. The summed E-state index contributed by atoms with van der Waals surface area (Å²) in [5, 5.41) is 16.3. The molecule has 1 saturated carbocycles. The second-order valence-electron chi connectivity index (χ2n) is 3.80. The number of aromatic nitrogens is 2. The van der Waals surface area contributed by atoms with E-state index in [1.807, 2.05) is 6.07 Å². The Morgan fingerprint density at radius 1 is 1.53 bits per heavy atom. The minimum atomic E-state index is 0.360. The fourth-order valence-corrected chi connectivity index (χ4v) is 1.61. The molecule has 1 aromatic rings. The summed E-state index contributed by atoms with van der Waals surface area (Å²) in [5.74, 6) is 1.17. The topological polar surface area (TPSA) is 58.8 Å². The molecule has 1 aromatic heterocycles. The van der Waals surface area contributed by atoms with Crippen molar-refractivity contribution in [3.63, 3.8) is 0 Å². The van der Waals surface area contributed by atoms with Crippen LogP contribution in [0, 0.1) is 17.2 Å². The van der Waals surface area contributed by atoms with Crippen molar-refractivity contribution in [3.8, 4) is 11.9 Å². The predicted octanol–water partition coefficient (Wildman–Crippen LogP) is 1.92. The lowest BCUT2D eigenvalue weighted by molar-refractivity contribution is 0.215. The molecule has 1 aliphatic carbocycles. The average molecular weight is 203 g/mol. The first-order chi connectivity index (χ1) is 7.40. The van der Waals surface area contributed by atoms with Crippen molar-refractivity contribution in [1.29, 1.82) is 5.26 Å². The predicted molar refractivity (Wildman–Crippen MR) is 54.2 cm³/mol. The normalized spacial score (nSPS) is 15.4. The van der Waals surface area contributed by atoms with E-state index in [-0.39, 0.29) is 0 Å². The van der Waals surface area contributed by atoms with E-state index in [4.69, 9.17) is 10.00 Å². The molecule has 0 bridgehead atoms. The first-order valence-electron chi connectivity index (χ1n) is 5.24. The SMILES string of the molecule is N#Cc1ccnnc1OCCC1CCC1. The number of hydrogen-bond donors (Lipinski definition) is 0. The third-order valence-electron chi connectivity index (χ3n) is 2.80. The molecule has 0 unspecified atom stereocenters. The van der Waals surface area contributed by atoms with Gasteiger partial charge < -0.3 is 4.74 Å². The minimum absolute atomic E-state index is 0.360. The second kappa shape index (κ2) is 4.74. The summed E-state index contributed by atoms with van der Waals surface area (Å²) < 4.78 is 5.44. The van der Waals surface area contributed by atoms with Crippen LogP contribution in [0.25, 0.3) is 0 Å². The molecule has 0 atom stereocenters. The summed E-state index contributed by atoms with van der Waals surface area (Å²) in [4.78, 5) is 0. The number of nitriles is 1. The quantitative estimate of drug-likeness (QED) is 0.750. The number of hydrogen-bond acceptors (Lipinski definition) is 4. The highest BCUT2D eigenvalue weighted by atomic mass is 16.5. The van der Waals surface area contributed by atoms with Crippen molar-refractivity contribution in [2.45, 2.75) is 25.7 Å². The van der Waals surface area contributed by atoms with Gasteiger partial charge in [-0.15, -0.1) is 5.10 Å². The first-order valence-corrected chi connectivity index (χ1v) is 5.24. The summed E-state index contributed by atoms with van der Waals surface area (Å²) in [7, 11) is 0. The molecule has 78 valence electrons. The zero-order chi connectivity index (χ0) is 10.5. The monoisotopic (exact) mass is 203 g/mol. The van der Waals surface area contributed by atoms with Gasteiger partial charge in [0.2, 0.25) is 0 Å². The van der Waals surface area contributed by atoms with Gasteiger partial charge in [-0.1, -0.05) is 19.3 Å². The van der Waals surface area contributed by atoms with Gasteiger partial charge in [-0.05, 0) is 18.4 Å². The van der Waals surface area contributed by atoms with Crippen LogP contribution in [-0.4, -0.2) is 16.8 Å². The molecule has 0 radical (unpaired) electrons. The third-order valence-corrected chi connectivity index (χ3v) is 2.80. The van der Waals surface area contributed by atoms with E-state index in [0.29, 0.717) is 18.1 Å². The van der Waals surface area contributed by atoms with Crippen molar-refractivity contribution in [2.75, 3.05) is 6.61 Å². The third kappa shape index (κ3) is 2.44. The van der Waals surface area contributed by atoms with Crippen molar-refractivity contribution < 1.29 is 4.74 Å². The van der Waals surface area contributed by atoms with Gasteiger partial charge in [0.1, 0.15) is 11.6 Å². The maximum Gasteiger partial charge on any atom is 0.251 e. The first kappa shape index (κ1) is 9.91. The van der Waals surface area contributed by atoms with E-state index in [1.54, 1.807) is 6.07 Å². The van der Waals surface area contributed by atoms with Crippen LogP contribution in [0.1, 0.15) is 31.2 Å². The second-order valence-corrected chi connectivity index (χ2v) is 3.80. The fraction of sp³-hybridized carbons (Fsp3) is 0.545. The van der Waals surface area contributed by atoms with E-state index in [2.05, 4.69) is 10.2 Å². The lowest BCUT2D eigenvalue weighted by Crippen LogP contribution is -2.15. The van der Waals surface area contributed by atoms with E-state index < -0.39 is 0 Å². The Morgan fingerprint density at radius 2 is 2.40 bits per heavy atom. The largest absolute Gasteiger partial charge is 0.476 e. The Morgan fingerprint density at radius 3 is 3.07 bits per heavy atom. The van der Waals surface area contributed by atoms with Crippen LogP contribution in [0.2, 0.25) is 0 Å². The van der Waals surface area contributed by atoms with Crippen LogP contribution < -0.4 is 4.74 Å². The molecule has 1 fully saturated rings. The van der Waals surface area contributed by atoms with E-state index in [0.717, 1.165) is 12.3 Å². The number of rotatable bonds is 4. The van der Waals surface area contributed by atoms with Crippen molar-refractivity contribution in [2.24, 2.45) is 5.92 Å². The molecule has 4 heteroatoms. The summed E-state index contributed by atoms with van der Waals surface area (Å²) in [6, 6.07) is 3.65. The van der Waals surface area contributed by atoms with Crippen LogP contribution in [0.5, 0.6) is 5.88 Å². The molecular formula is C11H13N3O. The molecule has 4 nitrogen and oxygen atoms in total. The van der Waals surface area contributed by atoms with Gasteiger partial charge in [0.05, 0.1) is 12.8 Å². The highest BCUT2D eigenvalue weighted by Crippen LogP contribution is 2.29. The molecule has 1 aliphatic rings. The summed E-state index contributed by atoms with van der Waals surface area (Å²) in [6.45, 7) is 0.637. The van der Waals surface area contributed by atoms with Crippen LogP contribution >= 0.6 is 0 Å². The Hall–Kier alpha value is -1.63. The lowest BCUT2D eigenvalue weighted by Gasteiger charge is -2.24. The van der Waals surface area contributed by atoms with Gasteiger partial charge in [-0.2, -0.15) is 10.4 Å². The van der Waals surface area contributed by atoms with E-state index in [1.165, 1.54) is 25.5 Å². The Kier molecular flexibility index (Phi) is 3.13. The maximum atomic E-state index is 8.79. The van der Waals surface area contributed by atoms with Gasteiger partial charge in [0.15, 0.2) is 0 Å². The summed E-state index contributed by atoms with van der Waals surface area (Å²) in [5.41, 5.74) is 0.457. The molecule has 0 saturated heterocycles. The molecule has 0 spiro atoms. The van der Waals surface area contributed by atoms with E-state index in [9.17, 15) is 0 Å². The van der Waals surface area contributed by atoms with Crippen molar-refractivity contribution >= 4 is 0 Å². The highest BCUT2D eigenvalue weighted by Gasteiger charge is 2.17. The summed E-state index contributed by atoms with van der Waals surface area (Å²) >= 11 is 0.